The summed E-state index contributed by atoms with van der Waals surface area (Å²) in [6.07, 6.45) is 0. The molecule has 18 heavy (non-hydrogen) atoms. The van der Waals surface area contributed by atoms with E-state index >= 15 is 0 Å². The first-order chi connectivity index (χ1) is 8.74. The molecule has 2 aromatic heterocycles. The average molecular weight is 243 g/mol. The fourth-order valence-corrected chi connectivity index (χ4v) is 1.65. The lowest BCUT2D eigenvalue weighted by Crippen LogP contribution is -2.12. The Hall–Kier alpha value is -2.63. The van der Waals surface area contributed by atoms with Gasteiger partial charge in [0.25, 0.3) is 5.91 Å². The molecular weight excluding hydrogens is 234 g/mol. The first-order valence-corrected chi connectivity index (χ1v) is 5.33. The van der Waals surface area contributed by atoms with Crippen LogP contribution < -0.4 is 5.32 Å². The Morgan fingerprint density at radius 2 is 2.06 bits per heavy atom. The molecule has 0 aliphatic heterocycles. The van der Waals surface area contributed by atoms with E-state index in [4.69, 9.17) is 9.05 Å². The smallest absolute Gasteiger partial charge is 0.279 e. The van der Waals surface area contributed by atoms with Gasteiger partial charge in [0.15, 0.2) is 17.1 Å². The van der Waals surface area contributed by atoms with E-state index in [-0.39, 0.29) is 11.6 Å². The van der Waals surface area contributed by atoms with Gasteiger partial charge in [-0.3, -0.25) is 4.79 Å². The fraction of sp³-hybridized carbons (Fsp3) is 0.0833. The molecule has 3 aromatic rings. The summed E-state index contributed by atoms with van der Waals surface area (Å²) in [5.41, 5.74) is 0.797. The van der Waals surface area contributed by atoms with Gasteiger partial charge < -0.3 is 14.4 Å². The van der Waals surface area contributed by atoms with Crippen LogP contribution in [0.25, 0.3) is 11.0 Å². The number of aromatic nitrogens is 2. The maximum absolute atomic E-state index is 12.0. The lowest BCUT2D eigenvalue weighted by molar-refractivity contribution is 0.101. The number of rotatable bonds is 2. The van der Waals surface area contributed by atoms with Gasteiger partial charge in [-0.15, -0.1) is 0 Å². The summed E-state index contributed by atoms with van der Waals surface area (Å²) in [5.74, 6) is 0.591. The van der Waals surface area contributed by atoms with Crippen LogP contribution in [0.2, 0.25) is 0 Å². The molecule has 6 nitrogen and oxygen atoms in total. The molecule has 0 fully saturated rings. The highest BCUT2D eigenvalue weighted by molar-refractivity contribution is 6.10. The number of hydrogen-bond acceptors (Lipinski definition) is 5. The Morgan fingerprint density at radius 3 is 2.83 bits per heavy atom. The molecule has 0 bridgehead atoms. The third kappa shape index (κ3) is 1.73. The highest BCUT2D eigenvalue weighted by Gasteiger charge is 2.16. The van der Waals surface area contributed by atoms with Gasteiger partial charge >= 0.3 is 0 Å². The normalized spacial score (nSPS) is 10.7. The van der Waals surface area contributed by atoms with Crippen molar-refractivity contribution in [1.82, 2.24) is 10.3 Å². The van der Waals surface area contributed by atoms with Crippen LogP contribution in [0.3, 0.4) is 0 Å². The van der Waals surface area contributed by atoms with Gasteiger partial charge in [0.05, 0.1) is 5.39 Å². The summed E-state index contributed by atoms with van der Waals surface area (Å²) >= 11 is 0. The number of nitrogens with one attached hydrogen (secondary N) is 1. The maximum atomic E-state index is 12.0. The Labute approximate surface area is 102 Å². The van der Waals surface area contributed by atoms with Crippen LogP contribution in [0.4, 0.5) is 5.82 Å². The van der Waals surface area contributed by atoms with Gasteiger partial charge in [-0.25, -0.2) is 0 Å². The molecule has 0 radical (unpaired) electrons. The predicted molar refractivity (Wildman–Crippen MR) is 63.2 cm³/mol. The minimum absolute atomic E-state index is 0.228. The van der Waals surface area contributed by atoms with E-state index in [1.165, 1.54) is 0 Å². The highest BCUT2D eigenvalue weighted by Crippen LogP contribution is 2.19. The average Bonchev–Trinajstić information content (AvgIpc) is 2.95. The molecule has 0 aliphatic rings. The number of carbonyl (C=O) groups is 1. The minimum atomic E-state index is -0.381. The molecule has 2 heterocycles. The first kappa shape index (κ1) is 10.5. The number of fused-ring (bicyclic) bond motifs is 1. The second-order valence-electron chi connectivity index (χ2n) is 3.80. The Balaban J connectivity index is 1.92. The van der Waals surface area contributed by atoms with Crippen molar-refractivity contribution in [2.45, 2.75) is 6.92 Å². The monoisotopic (exact) mass is 243 g/mol. The number of benzene rings is 1. The number of anilines is 1. The van der Waals surface area contributed by atoms with E-state index in [0.29, 0.717) is 22.5 Å². The zero-order valence-corrected chi connectivity index (χ0v) is 9.51. The van der Waals surface area contributed by atoms with Crippen molar-refractivity contribution in [3.63, 3.8) is 0 Å². The van der Waals surface area contributed by atoms with Crippen molar-refractivity contribution >= 4 is 22.7 Å². The van der Waals surface area contributed by atoms with Crippen LogP contribution in [0.15, 0.2) is 39.4 Å². The fourth-order valence-electron chi connectivity index (χ4n) is 1.65. The zero-order valence-electron chi connectivity index (χ0n) is 9.51. The summed E-state index contributed by atoms with van der Waals surface area (Å²) in [6.45, 7) is 1.74. The van der Waals surface area contributed by atoms with Crippen LogP contribution in [0, 0.1) is 6.92 Å². The maximum Gasteiger partial charge on any atom is 0.279 e. The molecule has 3 rings (SSSR count). The Kier molecular flexibility index (Phi) is 2.33. The van der Waals surface area contributed by atoms with Gasteiger partial charge in [0, 0.05) is 6.07 Å². The van der Waals surface area contributed by atoms with Crippen molar-refractivity contribution in [3.05, 3.63) is 41.8 Å². The van der Waals surface area contributed by atoms with E-state index in [9.17, 15) is 4.79 Å². The van der Waals surface area contributed by atoms with Gasteiger partial charge in [0.2, 0.25) is 0 Å². The standard InChI is InChI=1S/C12H9N3O3/c1-7-6-10(14-17-7)13-12(16)11-8-4-2-3-5-9(8)18-15-11/h2-6H,1H3,(H,13,14,16). The van der Waals surface area contributed by atoms with Crippen molar-refractivity contribution in [1.29, 1.82) is 0 Å². The number of hydrogen-bond donors (Lipinski definition) is 1. The molecule has 0 spiro atoms. The van der Waals surface area contributed by atoms with Crippen LogP contribution in [0.1, 0.15) is 16.2 Å². The van der Waals surface area contributed by atoms with Crippen molar-refractivity contribution in [2.24, 2.45) is 0 Å². The predicted octanol–water partition coefficient (Wildman–Crippen LogP) is 2.38. The second-order valence-corrected chi connectivity index (χ2v) is 3.80. The molecule has 0 atom stereocenters. The van der Waals surface area contributed by atoms with Crippen LogP contribution in [-0.4, -0.2) is 16.2 Å². The van der Waals surface area contributed by atoms with Crippen molar-refractivity contribution in [2.75, 3.05) is 5.32 Å². The summed E-state index contributed by atoms with van der Waals surface area (Å²) in [6, 6.07) is 8.78. The molecule has 6 heteroatoms. The van der Waals surface area contributed by atoms with Crippen molar-refractivity contribution < 1.29 is 13.8 Å². The molecule has 0 saturated carbocycles. The number of aryl methyl sites for hydroxylation is 1. The SMILES string of the molecule is Cc1cc(NC(=O)c2noc3ccccc23)no1. The lowest BCUT2D eigenvalue weighted by Gasteiger charge is -1.96. The quantitative estimate of drug-likeness (QED) is 0.747. The molecule has 1 aromatic carbocycles. The van der Waals surface area contributed by atoms with Gasteiger partial charge in [-0.1, -0.05) is 22.4 Å². The third-order valence-corrected chi connectivity index (χ3v) is 2.46. The highest BCUT2D eigenvalue weighted by atomic mass is 16.5. The van der Waals surface area contributed by atoms with E-state index in [1.54, 1.807) is 25.1 Å². The number of nitrogens with zero attached hydrogens (tertiary/aromatic N) is 2. The number of para-hydroxylation sites is 1. The van der Waals surface area contributed by atoms with Crippen LogP contribution >= 0.6 is 0 Å². The molecular formula is C12H9N3O3. The third-order valence-electron chi connectivity index (χ3n) is 2.46. The summed E-state index contributed by atoms with van der Waals surface area (Å²) in [7, 11) is 0. The summed E-state index contributed by atoms with van der Waals surface area (Å²) < 4.78 is 9.92. The van der Waals surface area contributed by atoms with E-state index in [2.05, 4.69) is 15.6 Å². The summed E-state index contributed by atoms with van der Waals surface area (Å²) in [5, 5.41) is 10.7. The van der Waals surface area contributed by atoms with E-state index < -0.39 is 0 Å². The van der Waals surface area contributed by atoms with Crippen LogP contribution in [-0.2, 0) is 0 Å². The molecule has 0 saturated heterocycles. The molecule has 1 N–H and O–H groups in total. The van der Waals surface area contributed by atoms with Gasteiger partial charge in [-0.05, 0) is 19.1 Å². The molecule has 0 unspecified atom stereocenters. The topological polar surface area (TPSA) is 81.2 Å². The molecule has 90 valence electrons. The van der Waals surface area contributed by atoms with Crippen LogP contribution in [0.5, 0.6) is 0 Å². The molecule has 1 amide bonds. The number of carbonyl (C=O) groups excluding carboxylic acids is 1. The van der Waals surface area contributed by atoms with Gasteiger partial charge in [-0.2, -0.15) is 0 Å². The summed E-state index contributed by atoms with van der Waals surface area (Å²) in [4.78, 5) is 12.0. The van der Waals surface area contributed by atoms with Crippen molar-refractivity contribution in [3.8, 4) is 0 Å². The zero-order chi connectivity index (χ0) is 12.5. The lowest BCUT2D eigenvalue weighted by atomic mass is 10.2. The molecule has 0 aliphatic carbocycles. The Bertz CT molecular complexity index is 714. The van der Waals surface area contributed by atoms with E-state index in [1.807, 2.05) is 12.1 Å². The van der Waals surface area contributed by atoms with Gasteiger partial charge in [0.1, 0.15) is 5.76 Å². The minimum Gasteiger partial charge on any atom is -0.360 e. The first-order valence-electron chi connectivity index (χ1n) is 5.33. The van der Waals surface area contributed by atoms with E-state index in [0.717, 1.165) is 0 Å². The largest absolute Gasteiger partial charge is 0.360 e. The number of amides is 1. The second kappa shape index (κ2) is 3.99. The Morgan fingerprint density at radius 1 is 1.22 bits per heavy atom.